The predicted molar refractivity (Wildman–Crippen MR) is 274 cm³/mol. The zero-order valence-electron chi connectivity index (χ0n) is 45.5. The van der Waals surface area contributed by atoms with Crippen molar-refractivity contribution in [1.82, 2.24) is 4.57 Å². The minimum absolute atomic E-state index is 0.145. The van der Waals surface area contributed by atoms with E-state index >= 15 is 0 Å². The van der Waals surface area contributed by atoms with Crippen molar-refractivity contribution in [3.05, 3.63) is 242 Å². The van der Waals surface area contributed by atoms with Crippen LogP contribution in [0.25, 0.3) is 104 Å². The predicted octanol–water partition coefficient (Wildman–Crippen LogP) is 17.5. The highest BCUT2D eigenvalue weighted by Gasteiger charge is 2.22. The maximum absolute atomic E-state index is 9.92. The second kappa shape index (κ2) is 15.0. The molecular weight excluding hydrogens is 789 g/mol. The summed E-state index contributed by atoms with van der Waals surface area (Å²) in [4.78, 5) is 1.69. The fraction of sp³-hybridized carbons (Fsp3) is 0. The molecule has 0 fully saturated rings. The van der Waals surface area contributed by atoms with Gasteiger partial charge in [0.1, 0.15) is 11.2 Å². The van der Waals surface area contributed by atoms with Gasteiger partial charge in [-0.15, -0.1) is 0 Å². The van der Waals surface area contributed by atoms with Crippen LogP contribution in [0.5, 0.6) is 0 Å². The van der Waals surface area contributed by atoms with E-state index in [1.807, 2.05) is 127 Å². The highest BCUT2D eigenvalue weighted by Crippen LogP contribution is 2.46. The normalized spacial score (nSPS) is 14.1. The molecule has 3 nitrogen and oxygen atoms in total. The van der Waals surface area contributed by atoms with E-state index in [-0.39, 0.29) is 16.5 Å². The van der Waals surface area contributed by atoms with Gasteiger partial charge in [-0.3, -0.25) is 0 Å². The first-order valence-electron chi connectivity index (χ1n) is 26.9. The largest absolute Gasteiger partial charge is 0.455 e. The molecule has 0 N–H and O–H groups in total. The van der Waals surface area contributed by atoms with Gasteiger partial charge in [-0.1, -0.05) is 188 Å². The summed E-state index contributed by atoms with van der Waals surface area (Å²) in [6.45, 7) is 0. The van der Waals surface area contributed by atoms with Gasteiger partial charge in [0, 0.05) is 55.0 Å². The fourth-order valence-corrected chi connectivity index (χ4v) is 9.45. The number of furan rings is 1. The van der Waals surface area contributed by atoms with E-state index in [4.69, 9.17) is 14.0 Å². The lowest BCUT2D eigenvalue weighted by Gasteiger charge is -2.28. The number of fused-ring (bicyclic) bond motifs is 9. The SMILES string of the molecule is [2H]c1c([2H])c(N(c2ccc(-c3ccccc3-n3c4ccccc4c4ccccc43)cc2)c2ccccc2-c2cccc3c2oc2c4ccccc4ccc32)c([2H])c([2H])c1-c1c([2H])c([2H])c([2H])c2c([2H])c([2H])c([2H])c([2H])c12. The van der Waals surface area contributed by atoms with Crippen LogP contribution < -0.4 is 4.90 Å². The van der Waals surface area contributed by atoms with Crippen molar-refractivity contribution in [1.29, 1.82) is 0 Å². The fourth-order valence-electron chi connectivity index (χ4n) is 9.45. The van der Waals surface area contributed by atoms with Crippen molar-refractivity contribution < 1.29 is 19.5 Å². The topological polar surface area (TPSA) is 21.3 Å². The summed E-state index contributed by atoms with van der Waals surface area (Å²) < 4.78 is 110. The maximum atomic E-state index is 9.92. The van der Waals surface area contributed by atoms with Crippen LogP contribution in [0.2, 0.25) is 0 Å². The average Bonchev–Trinajstić information content (AvgIpc) is 4.07. The smallest absolute Gasteiger partial charge is 0.143 e. The maximum Gasteiger partial charge on any atom is 0.143 e. The van der Waals surface area contributed by atoms with Crippen LogP contribution in [0.3, 0.4) is 0 Å². The molecule has 0 unspecified atom stereocenters. The first-order chi connectivity index (χ1) is 36.8. The molecule has 65 heavy (non-hydrogen) atoms. The Morgan fingerprint density at radius 3 is 1.80 bits per heavy atom. The van der Waals surface area contributed by atoms with Gasteiger partial charge in [-0.05, 0) is 87.4 Å². The van der Waals surface area contributed by atoms with Crippen LogP contribution in [-0.4, -0.2) is 4.57 Å². The van der Waals surface area contributed by atoms with Gasteiger partial charge in [0.05, 0.1) is 37.5 Å². The highest BCUT2D eigenvalue weighted by atomic mass is 16.3. The summed E-state index contributed by atoms with van der Waals surface area (Å²) in [6, 6.07) is 51.3. The van der Waals surface area contributed by atoms with E-state index in [0.717, 1.165) is 65.7 Å². The number of benzene rings is 11. The minimum Gasteiger partial charge on any atom is -0.455 e. The third-order valence-corrected chi connectivity index (χ3v) is 12.4. The molecule has 13 rings (SSSR count). The van der Waals surface area contributed by atoms with Crippen molar-refractivity contribution >= 4 is 82.4 Å². The molecule has 0 aliphatic carbocycles. The van der Waals surface area contributed by atoms with Gasteiger partial charge in [0.15, 0.2) is 0 Å². The van der Waals surface area contributed by atoms with Crippen LogP contribution >= 0.6 is 0 Å². The van der Waals surface area contributed by atoms with Crippen LogP contribution in [0, 0.1) is 0 Å². The monoisotopic (exact) mass is 839 g/mol. The zero-order chi connectivity index (χ0) is 52.4. The summed E-state index contributed by atoms with van der Waals surface area (Å²) in [7, 11) is 0. The molecule has 0 amide bonds. The Balaban J connectivity index is 1.05. The van der Waals surface area contributed by atoms with Crippen LogP contribution in [-0.2, 0) is 0 Å². The van der Waals surface area contributed by atoms with Gasteiger partial charge in [0.2, 0.25) is 0 Å². The van der Waals surface area contributed by atoms with E-state index in [1.54, 1.807) is 4.90 Å². The molecular formula is C62H40N2O. The third kappa shape index (κ3) is 5.97. The van der Waals surface area contributed by atoms with E-state index in [1.165, 1.54) is 0 Å². The number of rotatable bonds is 7. The minimum atomic E-state index is -0.684. The third-order valence-electron chi connectivity index (χ3n) is 12.4. The van der Waals surface area contributed by atoms with Crippen molar-refractivity contribution in [3.63, 3.8) is 0 Å². The van der Waals surface area contributed by atoms with E-state index in [0.29, 0.717) is 28.1 Å². The standard InChI is InChI=1S/C62H40N2O/c1-3-18-47-41(15-1)17-13-24-48(47)43-31-36-45(37-32-43)63(58-28-10-8-23-53(58)54-25-14-26-55-56-40-35-42-16-2-4-20-50(42)61(56)65-62(54)55)46-38-33-44(34-39-46)49-19-5-9-27-57(49)64-59-29-11-6-21-51(59)52-22-7-12-30-60(52)64/h1-40H/i1D,3D,13D,15D,17D,18D,24D,31D,32D,36D,37D. The molecule has 0 saturated carbocycles. The van der Waals surface area contributed by atoms with Crippen LogP contribution in [0.15, 0.2) is 247 Å². The lowest BCUT2D eigenvalue weighted by Crippen LogP contribution is -2.11. The quantitative estimate of drug-likeness (QED) is 0.159. The van der Waals surface area contributed by atoms with E-state index in [9.17, 15) is 5.48 Å². The summed E-state index contributed by atoms with van der Waals surface area (Å²) in [5.41, 5.74) is 7.55. The Hall–Kier alpha value is -8.66. The molecule has 0 aliphatic heterocycles. The van der Waals surface area contributed by atoms with E-state index in [2.05, 4.69) is 53.1 Å². The number of para-hydroxylation sites is 5. The summed E-state index contributed by atoms with van der Waals surface area (Å²) in [5.74, 6) is 0. The Morgan fingerprint density at radius 1 is 0.354 bits per heavy atom. The first-order valence-corrected chi connectivity index (χ1v) is 21.4. The molecule has 0 atom stereocenters. The summed E-state index contributed by atoms with van der Waals surface area (Å²) in [6.07, 6.45) is 0. The molecule has 3 heteroatoms. The number of aromatic nitrogens is 1. The summed E-state index contributed by atoms with van der Waals surface area (Å²) in [5, 5.41) is 5.34. The molecule has 2 heterocycles. The molecule has 0 aliphatic rings. The molecule has 0 saturated heterocycles. The van der Waals surface area contributed by atoms with Gasteiger partial charge in [-0.25, -0.2) is 0 Å². The molecule has 13 aromatic rings. The number of nitrogens with zero attached hydrogens (tertiary/aromatic N) is 2. The lowest BCUT2D eigenvalue weighted by molar-refractivity contribution is 0.674. The second-order valence-corrected chi connectivity index (χ2v) is 16.0. The molecule has 0 spiro atoms. The summed E-state index contributed by atoms with van der Waals surface area (Å²) >= 11 is 0. The van der Waals surface area contributed by atoms with Gasteiger partial charge in [0.25, 0.3) is 0 Å². The molecule has 0 radical (unpaired) electrons. The zero-order valence-corrected chi connectivity index (χ0v) is 34.5. The highest BCUT2D eigenvalue weighted by molar-refractivity contribution is 6.18. The van der Waals surface area contributed by atoms with E-state index < -0.39 is 77.6 Å². The number of hydrogen-bond donors (Lipinski definition) is 0. The van der Waals surface area contributed by atoms with Crippen molar-refractivity contribution in [2.45, 2.75) is 0 Å². The number of anilines is 3. The van der Waals surface area contributed by atoms with Crippen molar-refractivity contribution in [3.8, 4) is 39.1 Å². The average molecular weight is 840 g/mol. The molecule has 2 aromatic heterocycles. The van der Waals surface area contributed by atoms with Crippen LogP contribution in [0.4, 0.5) is 17.1 Å². The molecule has 11 aromatic carbocycles. The Bertz CT molecular complexity index is 4530. The molecule has 0 bridgehead atoms. The van der Waals surface area contributed by atoms with Crippen molar-refractivity contribution in [2.75, 3.05) is 4.90 Å². The Kier molecular flexibility index (Phi) is 6.33. The lowest BCUT2D eigenvalue weighted by atomic mass is 9.97. The Labute approximate surface area is 391 Å². The molecule has 304 valence electrons. The van der Waals surface area contributed by atoms with Gasteiger partial charge < -0.3 is 13.9 Å². The van der Waals surface area contributed by atoms with Gasteiger partial charge in [-0.2, -0.15) is 0 Å². The number of hydrogen-bond acceptors (Lipinski definition) is 2. The van der Waals surface area contributed by atoms with Crippen LogP contribution in [0.1, 0.15) is 15.1 Å². The Morgan fingerprint density at radius 2 is 0.985 bits per heavy atom. The van der Waals surface area contributed by atoms with Crippen molar-refractivity contribution in [2.24, 2.45) is 0 Å². The first kappa shape index (κ1) is 27.4. The second-order valence-electron chi connectivity index (χ2n) is 16.0. The van der Waals surface area contributed by atoms with Gasteiger partial charge >= 0.3 is 0 Å².